The highest BCUT2D eigenvalue weighted by Crippen LogP contribution is 2.26. The summed E-state index contributed by atoms with van der Waals surface area (Å²) in [6, 6.07) is 5.29. The Morgan fingerprint density at radius 3 is 2.50 bits per heavy atom. The average Bonchev–Trinajstić information content (AvgIpc) is 2.46. The van der Waals surface area contributed by atoms with E-state index in [2.05, 4.69) is 4.90 Å². The number of carboxylic acids is 1. The first-order valence-corrected chi connectivity index (χ1v) is 8.09. The third-order valence-electron chi connectivity index (χ3n) is 3.26. The van der Waals surface area contributed by atoms with Gasteiger partial charge in [0, 0.05) is 36.6 Å². The van der Waals surface area contributed by atoms with Gasteiger partial charge in [-0.25, -0.2) is 0 Å². The van der Waals surface area contributed by atoms with E-state index in [0.717, 1.165) is 11.3 Å². The largest absolute Gasteiger partial charge is 0.496 e. The Labute approximate surface area is 140 Å². The van der Waals surface area contributed by atoms with Gasteiger partial charge in [-0.3, -0.25) is 4.79 Å². The van der Waals surface area contributed by atoms with Gasteiger partial charge in [-0.2, -0.15) is 0 Å². The first kappa shape index (κ1) is 18.9. The van der Waals surface area contributed by atoms with E-state index in [4.69, 9.17) is 38.8 Å². The molecule has 1 atom stereocenters. The van der Waals surface area contributed by atoms with Crippen LogP contribution in [-0.2, 0) is 11.2 Å². The molecule has 1 rings (SSSR count). The second-order valence-corrected chi connectivity index (χ2v) is 5.68. The van der Waals surface area contributed by atoms with Crippen molar-refractivity contribution in [2.24, 2.45) is 5.73 Å². The molecule has 0 aliphatic carbocycles. The monoisotopic (exact) mass is 348 g/mol. The summed E-state index contributed by atoms with van der Waals surface area (Å²) < 4.78 is 5.33. The predicted octanol–water partition coefficient (Wildman–Crippen LogP) is 2.32. The van der Waals surface area contributed by atoms with Crippen LogP contribution in [0.3, 0.4) is 0 Å². The molecule has 0 fully saturated rings. The summed E-state index contributed by atoms with van der Waals surface area (Å²) >= 11 is 11.7. The fourth-order valence-corrected chi connectivity index (χ4v) is 2.68. The summed E-state index contributed by atoms with van der Waals surface area (Å²) in [5.74, 6) is 0.780. The molecule has 0 aliphatic heterocycles. The van der Waals surface area contributed by atoms with Gasteiger partial charge in [0.15, 0.2) is 0 Å². The van der Waals surface area contributed by atoms with E-state index in [-0.39, 0.29) is 6.42 Å². The van der Waals surface area contributed by atoms with Crippen molar-refractivity contribution in [3.05, 3.63) is 23.8 Å². The van der Waals surface area contributed by atoms with Crippen LogP contribution in [0.25, 0.3) is 0 Å². The van der Waals surface area contributed by atoms with Crippen molar-refractivity contribution in [3.8, 4) is 5.75 Å². The molecule has 0 radical (unpaired) electrons. The van der Waals surface area contributed by atoms with Gasteiger partial charge in [0.1, 0.15) is 5.75 Å². The third kappa shape index (κ3) is 5.91. The van der Waals surface area contributed by atoms with Gasteiger partial charge in [0.25, 0.3) is 0 Å². The lowest BCUT2D eigenvalue weighted by Crippen LogP contribution is -2.28. The zero-order valence-electron chi connectivity index (χ0n) is 12.6. The van der Waals surface area contributed by atoms with Gasteiger partial charge >= 0.3 is 5.97 Å². The minimum absolute atomic E-state index is 0.0829. The fraction of sp³-hybridized carbons (Fsp3) is 0.533. The van der Waals surface area contributed by atoms with Crippen molar-refractivity contribution in [3.63, 3.8) is 0 Å². The van der Waals surface area contributed by atoms with Gasteiger partial charge < -0.3 is 20.5 Å². The zero-order chi connectivity index (χ0) is 16.5. The molecule has 0 spiro atoms. The maximum absolute atomic E-state index is 10.8. The number of hydrogen-bond donors (Lipinski definition) is 2. The molecule has 124 valence electrons. The van der Waals surface area contributed by atoms with E-state index in [1.54, 1.807) is 7.11 Å². The summed E-state index contributed by atoms with van der Waals surface area (Å²) in [4.78, 5) is 12.8. The summed E-state index contributed by atoms with van der Waals surface area (Å²) in [6.45, 7) is 1.36. The number of rotatable bonds is 10. The van der Waals surface area contributed by atoms with E-state index in [0.29, 0.717) is 37.0 Å². The van der Waals surface area contributed by atoms with E-state index in [1.165, 1.54) is 0 Å². The van der Waals surface area contributed by atoms with Crippen LogP contribution in [0.1, 0.15) is 12.0 Å². The number of anilines is 1. The zero-order valence-corrected chi connectivity index (χ0v) is 14.1. The molecule has 0 saturated heterocycles. The molecule has 0 unspecified atom stereocenters. The summed E-state index contributed by atoms with van der Waals surface area (Å²) in [5, 5.41) is 8.82. The van der Waals surface area contributed by atoms with Crippen LogP contribution in [-0.4, -0.2) is 49.1 Å². The average molecular weight is 349 g/mol. The molecule has 22 heavy (non-hydrogen) atoms. The van der Waals surface area contributed by atoms with Gasteiger partial charge in [-0.15, -0.1) is 23.2 Å². The van der Waals surface area contributed by atoms with Crippen LogP contribution in [0.15, 0.2) is 18.2 Å². The first-order valence-electron chi connectivity index (χ1n) is 7.03. The Morgan fingerprint density at radius 1 is 1.36 bits per heavy atom. The number of methoxy groups -OCH3 is 1. The number of ether oxygens (including phenoxy) is 1. The highest BCUT2D eigenvalue weighted by atomic mass is 35.5. The number of nitrogens with zero attached hydrogens (tertiary/aromatic N) is 1. The number of benzene rings is 1. The molecule has 1 aromatic rings. The van der Waals surface area contributed by atoms with Crippen molar-refractivity contribution in [2.45, 2.75) is 18.9 Å². The van der Waals surface area contributed by atoms with Crippen LogP contribution in [0.5, 0.6) is 5.75 Å². The number of nitrogens with two attached hydrogens (primary N) is 1. The van der Waals surface area contributed by atoms with Crippen LogP contribution in [0.2, 0.25) is 0 Å². The molecule has 0 aliphatic rings. The molecule has 0 aromatic heterocycles. The Bertz CT molecular complexity index is 480. The van der Waals surface area contributed by atoms with E-state index < -0.39 is 12.0 Å². The molecular weight excluding hydrogens is 327 g/mol. The maximum atomic E-state index is 10.8. The van der Waals surface area contributed by atoms with E-state index >= 15 is 0 Å². The van der Waals surface area contributed by atoms with Gasteiger partial charge in [0.2, 0.25) is 0 Å². The van der Waals surface area contributed by atoms with Crippen LogP contribution in [0.4, 0.5) is 5.69 Å². The number of carbonyl (C=O) groups is 1. The first-order chi connectivity index (χ1) is 10.5. The number of halogens is 2. The number of aliphatic carboxylic acids is 1. The summed E-state index contributed by atoms with van der Waals surface area (Å²) in [7, 11) is 1.58. The highest BCUT2D eigenvalue weighted by Gasteiger charge is 2.14. The van der Waals surface area contributed by atoms with Gasteiger partial charge in [-0.05, 0) is 30.2 Å². The Hall–Kier alpha value is -1.17. The van der Waals surface area contributed by atoms with Crippen molar-refractivity contribution in [1.82, 2.24) is 0 Å². The van der Waals surface area contributed by atoms with E-state index in [1.807, 2.05) is 18.2 Å². The van der Waals surface area contributed by atoms with Crippen molar-refractivity contribution in [2.75, 3.05) is 36.9 Å². The van der Waals surface area contributed by atoms with Crippen LogP contribution < -0.4 is 15.4 Å². The fourth-order valence-electron chi connectivity index (χ4n) is 2.27. The number of carboxylic acid groups (broad SMARTS) is 1. The minimum Gasteiger partial charge on any atom is -0.496 e. The summed E-state index contributed by atoms with van der Waals surface area (Å²) in [6.07, 6.45) is 0.347. The van der Waals surface area contributed by atoms with Gasteiger partial charge in [0.05, 0.1) is 13.5 Å². The SMILES string of the molecule is COc1ccc(N(CCCl)CCCl)cc1C[C@@H](N)CC(=O)O. The molecule has 7 heteroatoms. The van der Waals surface area contributed by atoms with Crippen LogP contribution in [0, 0.1) is 0 Å². The van der Waals surface area contributed by atoms with Crippen molar-refractivity contribution in [1.29, 1.82) is 0 Å². The second-order valence-electron chi connectivity index (χ2n) is 4.92. The maximum Gasteiger partial charge on any atom is 0.304 e. The topological polar surface area (TPSA) is 75.8 Å². The standard InChI is InChI=1S/C15H22Cl2N2O3/c1-22-14-3-2-13(19(6-4-16)7-5-17)9-11(14)8-12(18)10-15(20)21/h2-3,9,12H,4-8,10,18H2,1H3,(H,20,21)/t12-/m1/s1. The highest BCUT2D eigenvalue weighted by molar-refractivity contribution is 6.18. The molecule has 0 saturated carbocycles. The normalized spacial score (nSPS) is 12.0. The Kier molecular flexibility index (Phi) is 8.38. The lowest BCUT2D eigenvalue weighted by atomic mass is 10.0. The lowest BCUT2D eigenvalue weighted by molar-refractivity contribution is -0.137. The molecule has 5 nitrogen and oxygen atoms in total. The Balaban J connectivity index is 2.98. The Morgan fingerprint density at radius 2 is 2.00 bits per heavy atom. The second kappa shape index (κ2) is 9.77. The predicted molar refractivity (Wildman–Crippen MR) is 90.6 cm³/mol. The number of alkyl halides is 2. The number of hydrogen-bond acceptors (Lipinski definition) is 4. The quantitative estimate of drug-likeness (QED) is 0.634. The molecule has 0 bridgehead atoms. The van der Waals surface area contributed by atoms with Crippen LogP contribution >= 0.6 is 23.2 Å². The molecule has 3 N–H and O–H groups in total. The van der Waals surface area contributed by atoms with Gasteiger partial charge in [-0.1, -0.05) is 0 Å². The lowest BCUT2D eigenvalue weighted by Gasteiger charge is -2.24. The molecule has 0 heterocycles. The smallest absolute Gasteiger partial charge is 0.304 e. The molecular formula is C15H22Cl2N2O3. The van der Waals surface area contributed by atoms with Crippen molar-refractivity contribution < 1.29 is 14.6 Å². The van der Waals surface area contributed by atoms with Crippen molar-refractivity contribution >= 4 is 34.9 Å². The molecule has 1 aromatic carbocycles. The third-order valence-corrected chi connectivity index (χ3v) is 3.59. The summed E-state index contributed by atoms with van der Waals surface area (Å²) in [5.41, 5.74) is 7.73. The molecule has 0 amide bonds. The van der Waals surface area contributed by atoms with E-state index in [9.17, 15) is 4.79 Å². The minimum atomic E-state index is -0.909.